The minimum Gasteiger partial charge on any atom is -0.313 e. The van der Waals surface area contributed by atoms with Crippen LogP contribution in [0.5, 0.6) is 0 Å². The van der Waals surface area contributed by atoms with Crippen LogP contribution in [0.2, 0.25) is 0 Å². The molecule has 1 heterocycles. The summed E-state index contributed by atoms with van der Waals surface area (Å²) >= 11 is 0. The zero-order valence-electron chi connectivity index (χ0n) is 12.1. The van der Waals surface area contributed by atoms with Crippen molar-refractivity contribution in [3.8, 4) is 0 Å². The van der Waals surface area contributed by atoms with E-state index in [-0.39, 0.29) is 5.69 Å². The first-order chi connectivity index (χ1) is 9.16. The molecule has 1 N–H and O–H groups in total. The third kappa shape index (κ3) is 4.21. The lowest BCUT2D eigenvalue weighted by atomic mass is 10.2. The van der Waals surface area contributed by atoms with Gasteiger partial charge in [0.25, 0.3) is 0 Å². The lowest BCUT2D eigenvalue weighted by molar-refractivity contribution is 0.204. The Morgan fingerprint density at radius 3 is 2.63 bits per heavy atom. The fraction of sp³-hybridized carbons (Fsp3) is 0.786. The van der Waals surface area contributed by atoms with Crippen molar-refractivity contribution in [1.29, 1.82) is 0 Å². The second-order valence-corrected chi connectivity index (χ2v) is 5.68. The van der Waals surface area contributed by atoms with Gasteiger partial charge in [0.2, 0.25) is 0 Å². The summed E-state index contributed by atoms with van der Waals surface area (Å²) in [4.78, 5) is 18.8. The molecule has 5 heteroatoms. The third-order valence-corrected chi connectivity index (χ3v) is 4.23. The van der Waals surface area contributed by atoms with Crippen LogP contribution in [0.25, 0.3) is 0 Å². The molecule has 1 aromatic rings. The Kier molecular flexibility index (Phi) is 5.22. The van der Waals surface area contributed by atoms with Gasteiger partial charge in [0.15, 0.2) is 0 Å². The molecule has 1 aromatic heterocycles. The average Bonchev–Trinajstić information content (AvgIpc) is 3.05. The van der Waals surface area contributed by atoms with Gasteiger partial charge in [-0.1, -0.05) is 12.8 Å². The van der Waals surface area contributed by atoms with E-state index >= 15 is 0 Å². The fourth-order valence-electron chi connectivity index (χ4n) is 2.77. The zero-order valence-corrected chi connectivity index (χ0v) is 12.1. The van der Waals surface area contributed by atoms with E-state index in [2.05, 4.69) is 28.9 Å². The van der Waals surface area contributed by atoms with Crippen LogP contribution in [0.1, 0.15) is 25.7 Å². The molecule has 5 nitrogen and oxygen atoms in total. The third-order valence-electron chi connectivity index (χ3n) is 4.23. The summed E-state index contributed by atoms with van der Waals surface area (Å²) in [6.07, 6.45) is 9.00. The van der Waals surface area contributed by atoms with Crippen molar-refractivity contribution in [2.24, 2.45) is 0 Å². The van der Waals surface area contributed by atoms with E-state index in [1.807, 2.05) is 0 Å². The summed E-state index contributed by atoms with van der Waals surface area (Å²) in [6.45, 7) is 3.84. The Hall–Kier alpha value is -1.07. The zero-order chi connectivity index (χ0) is 13.7. The van der Waals surface area contributed by atoms with E-state index < -0.39 is 0 Å². The van der Waals surface area contributed by atoms with Crippen LogP contribution in [-0.2, 0) is 6.54 Å². The van der Waals surface area contributed by atoms with E-state index in [1.54, 1.807) is 17.0 Å². The van der Waals surface area contributed by atoms with Crippen LogP contribution in [-0.4, -0.2) is 59.1 Å². The van der Waals surface area contributed by atoms with Gasteiger partial charge in [-0.2, -0.15) is 0 Å². The summed E-state index contributed by atoms with van der Waals surface area (Å²) < 4.78 is 1.72. The van der Waals surface area contributed by atoms with Crippen molar-refractivity contribution in [3.63, 3.8) is 0 Å². The fourth-order valence-corrected chi connectivity index (χ4v) is 2.77. The maximum atomic E-state index is 11.4. The number of rotatable bonds is 7. The van der Waals surface area contributed by atoms with Gasteiger partial charge in [-0.3, -0.25) is 4.57 Å². The monoisotopic (exact) mass is 266 g/mol. The van der Waals surface area contributed by atoms with Gasteiger partial charge in [-0.15, -0.1) is 0 Å². The predicted octanol–water partition coefficient (Wildman–Crippen LogP) is 0.983. The second kappa shape index (κ2) is 6.91. The molecule has 0 bridgehead atoms. The van der Waals surface area contributed by atoms with Crippen molar-refractivity contribution >= 4 is 0 Å². The standard InChI is InChI=1S/C14H26N4O/c1-16(10-12-18-8-7-15-14(18)19)9-11-17(2)13-5-3-4-6-13/h7-8,13H,3-6,9-12H2,1-2H3,(H,15,19). The van der Waals surface area contributed by atoms with Crippen LogP contribution in [0.3, 0.4) is 0 Å². The van der Waals surface area contributed by atoms with Gasteiger partial charge < -0.3 is 14.8 Å². The number of imidazole rings is 1. The molecule has 1 aliphatic rings. The normalized spacial score (nSPS) is 16.8. The molecule has 0 spiro atoms. The van der Waals surface area contributed by atoms with Gasteiger partial charge in [-0.25, -0.2) is 4.79 Å². The average molecular weight is 266 g/mol. The lowest BCUT2D eigenvalue weighted by Gasteiger charge is -2.26. The van der Waals surface area contributed by atoms with Crippen LogP contribution >= 0.6 is 0 Å². The molecule has 0 amide bonds. The van der Waals surface area contributed by atoms with Crippen LogP contribution in [0.4, 0.5) is 0 Å². The molecule has 2 rings (SSSR count). The van der Waals surface area contributed by atoms with Crippen molar-refractivity contribution in [1.82, 2.24) is 19.4 Å². The Balaban J connectivity index is 1.65. The number of hydrogen-bond donors (Lipinski definition) is 1. The SMILES string of the molecule is CN(CCN(C)C1CCCC1)CCn1cc[nH]c1=O. The molecular weight excluding hydrogens is 240 g/mol. The summed E-state index contributed by atoms with van der Waals surface area (Å²) in [5.41, 5.74) is -0.0172. The molecule has 1 fully saturated rings. The van der Waals surface area contributed by atoms with E-state index in [0.717, 1.165) is 32.2 Å². The molecule has 0 radical (unpaired) electrons. The molecule has 0 atom stereocenters. The van der Waals surface area contributed by atoms with Gasteiger partial charge in [0.05, 0.1) is 0 Å². The highest BCUT2D eigenvalue weighted by atomic mass is 16.1. The van der Waals surface area contributed by atoms with Gasteiger partial charge in [0, 0.05) is 44.6 Å². The molecule has 0 aromatic carbocycles. The number of hydrogen-bond acceptors (Lipinski definition) is 3. The highest BCUT2D eigenvalue weighted by Crippen LogP contribution is 2.21. The van der Waals surface area contributed by atoms with Crippen molar-refractivity contribution in [3.05, 3.63) is 22.9 Å². The highest BCUT2D eigenvalue weighted by Gasteiger charge is 2.19. The number of likely N-dealkylation sites (N-methyl/N-ethyl adjacent to an activating group) is 2. The largest absolute Gasteiger partial charge is 0.325 e. The number of nitrogens with zero attached hydrogens (tertiary/aromatic N) is 3. The molecular formula is C14H26N4O. The Bertz CT molecular complexity index is 419. The quantitative estimate of drug-likeness (QED) is 0.800. The first-order valence-electron chi connectivity index (χ1n) is 7.29. The van der Waals surface area contributed by atoms with E-state index in [9.17, 15) is 4.79 Å². The minimum absolute atomic E-state index is 0.0172. The number of aromatic nitrogens is 2. The highest BCUT2D eigenvalue weighted by molar-refractivity contribution is 4.77. The Morgan fingerprint density at radius 2 is 2.00 bits per heavy atom. The van der Waals surface area contributed by atoms with Crippen molar-refractivity contribution in [2.75, 3.05) is 33.7 Å². The van der Waals surface area contributed by atoms with Gasteiger partial charge in [0.1, 0.15) is 0 Å². The first-order valence-corrected chi connectivity index (χ1v) is 7.29. The van der Waals surface area contributed by atoms with Gasteiger partial charge >= 0.3 is 5.69 Å². The summed E-state index contributed by atoms with van der Waals surface area (Å²) in [5, 5.41) is 0. The second-order valence-electron chi connectivity index (χ2n) is 5.68. The van der Waals surface area contributed by atoms with E-state index in [1.165, 1.54) is 25.7 Å². The molecule has 0 aliphatic heterocycles. The smallest absolute Gasteiger partial charge is 0.313 e. The molecule has 108 valence electrons. The maximum Gasteiger partial charge on any atom is 0.325 e. The summed E-state index contributed by atoms with van der Waals surface area (Å²) in [5.74, 6) is 0. The topological polar surface area (TPSA) is 44.3 Å². The van der Waals surface area contributed by atoms with Crippen LogP contribution < -0.4 is 5.69 Å². The first kappa shape index (κ1) is 14.3. The molecule has 1 aliphatic carbocycles. The lowest BCUT2D eigenvalue weighted by Crippen LogP contribution is -2.37. The molecule has 0 saturated heterocycles. The minimum atomic E-state index is -0.0172. The van der Waals surface area contributed by atoms with Crippen molar-refractivity contribution in [2.45, 2.75) is 38.3 Å². The van der Waals surface area contributed by atoms with E-state index in [0.29, 0.717) is 0 Å². The number of nitrogens with one attached hydrogen (secondary N) is 1. The van der Waals surface area contributed by atoms with Crippen molar-refractivity contribution < 1.29 is 0 Å². The Morgan fingerprint density at radius 1 is 1.26 bits per heavy atom. The molecule has 1 saturated carbocycles. The summed E-state index contributed by atoms with van der Waals surface area (Å²) in [7, 11) is 4.36. The number of aromatic amines is 1. The molecule has 19 heavy (non-hydrogen) atoms. The van der Waals surface area contributed by atoms with E-state index in [4.69, 9.17) is 0 Å². The maximum absolute atomic E-state index is 11.4. The Labute approximate surface area is 115 Å². The predicted molar refractivity (Wildman–Crippen MR) is 77.4 cm³/mol. The van der Waals surface area contributed by atoms with Crippen LogP contribution in [0, 0.1) is 0 Å². The van der Waals surface area contributed by atoms with Gasteiger partial charge in [-0.05, 0) is 26.9 Å². The van der Waals surface area contributed by atoms with Crippen LogP contribution in [0.15, 0.2) is 17.2 Å². The number of H-pyrrole nitrogens is 1. The molecule has 0 unspecified atom stereocenters. The summed E-state index contributed by atoms with van der Waals surface area (Å²) in [6, 6.07) is 0.792.